The Bertz CT molecular complexity index is 3020. The normalized spacial score (nSPS) is 11.1. The van der Waals surface area contributed by atoms with Crippen LogP contribution in [0.1, 0.15) is 0 Å². The van der Waals surface area contributed by atoms with E-state index in [0.29, 0.717) is 0 Å². The van der Waals surface area contributed by atoms with E-state index in [9.17, 15) is 0 Å². The van der Waals surface area contributed by atoms with Crippen LogP contribution in [-0.2, 0) is 0 Å². The van der Waals surface area contributed by atoms with Gasteiger partial charge in [0, 0.05) is 53.0 Å². The minimum atomic E-state index is 0.884. The Morgan fingerprint density at radius 1 is 0.250 bits per heavy atom. The number of benzene rings is 5. The number of nitrogens with zero attached hydrogens (tertiary/aromatic N) is 4. The molecule has 0 saturated heterocycles. The molecule has 6 heterocycles. The smallest absolute Gasteiger partial charge is 0.138 e. The van der Waals surface area contributed by atoms with Crippen LogP contribution >= 0.6 is 45.3 Å². The van der Waals surface area contributed by atoms with E-state index in [1.807, 2.05) is 59.3 Å². The van der Waals surface area contributed by atoms with Gasteiger partial charge in [-0.1, -0.05) is 121 Å². The Balaban J connectivity index is 0.819. The summed E-state index contributed by atoms with van der Waals surface area (Å²) in [5, 5.41) is 2.23. The Kier molecular flexibility index (Phi) is 11.1. The lowest BCUT2D eigenvalue weighted by atomic mass is 10.00. The summed E-state index contributed by atoms with van der Waals surface area (Å²) < 4.78 is 0. The minimum absolute atomic E-state index is 0.884. The average Bonchev–Trinajstić information content (AvgIpc) is 4.23. The van der Waals surface area contributed by atoms with E-state index in [1.54, 1.807) is 22.7 Å². The first-order chi connectivity index (χ1) is 31.7. The van der Waals surface area contributed by atoms with E-state index in [2.05, 4.69) is 204 Å². The van der Waals surface area contributed by atoms with Crippen LogP contribution in [0.4, 0.5) is 33.0 Å². The average molecular weight is 895 g/mol. The second kappa shape index (κ2) is 17.9. The summed E-state index contributed by atoms with van der Waals surface area (Å²) in [5.41, 5.74) is 9.26. The first-order valence-corrected chi connectivity index (χ1v) is 24.2. The topological polar surface area (TPSA) is 32.3 Å². The van der Waals surface area contributed by atoms with E-state index < -0.39 is 0 Å². The molecule has 5 aromatic carbocycles. The van der Waals surface area contributed by atoms with Crippen molar-refractivity contribution in [1.82, 2.24) is 9.97 Å². The fourth-order valence-electron chi connectivity index (χ4n) is 7.79. The minimum Gasteiger partial charge on any atom is -0.286 e. The number of thiophene rings is 4. The van der Waals surface area contributed by atoms with Crippen molar-refractivity contribution >= 4 is 78.4 Å². The molecule has 0 spiro atoms. The van der Waals surface area contributed by atoms with E-state index in [-0.39, 0.29) is 0 Å². The maximum absolute atomic E-state index is 4.77. The van der Waals surface area contributed by atoms with E-state index in [4.69, 9.17) is 9.97 Å². The number of anilines is 6. The maximum Gasteiger partial charge on any atom is 0.138 e. The predicted molar refractivity (Wildman–Crippen MR) is 276 cm³/mol. The number of rotatable bonds is 12. The summed E-state index contributed by atoms with van der Waals surface area (Å²) in [4.78, 5) is 21.6. The number of aromatic nitrogens is 2. The summed E-state index contributed by atoms with van der Waals surface area (Å²) in [6.45, 7) is 0. The molecule has 306 valence electrons. The van der Waals surface area contributed by atoms with E-state index >= 15 is 0 Å². The van der Waals surface area contributed by atoms with Gasteiger partial charge in [-0.05, 0) is 130 Å². The molecule has 11 rings (SSSR count). The summed E-state index contributed by atoms with van der Waals surface area (Å²) >= 11 is 7.22. The van der Waals surface area contributed by atoms with Crippen LogP contribution in [0.3, 0.4) is 0 Å². The van der Waals surface area contributed by atoms with Crippen molar-refractivity contribution < 1.29 is 0 Å². The van der Waals surface area contributed by atoms with Gasteiger partial charge in [-0.25, -0.2) is 9.97 Å². The van der Waals surface area contributed by atoms with Crippen LogP contribution in [0, 0.1) is 0 Å². The van der Waals surface area contributed by atoms with Crippen molar-refractivity contribution in [2.24, 2.45) is 0 Å². The van der Waals surface area contributed by atoms with Gasteiger partial charge in [-0.2, -0.15) is 0 Å². The summed E-state index contributed by atoms with van der Waals surface area (Å²) in [6, 6.07) is 77.6. The van der Waals surface area contributed by atoms with Crippen LogP contribution < -0.4 is 9.80 Å². The Morgan fingerprint density at radius 3 is 0.953 bits per heavy atom. The largest absolute Gasteiger partial charge is 0.286 e. The number of pyridine rings is 2. The van der Waals surface area contributed by atoms with Gasteiger partial charge in [0.25, 0.3) is 0 Å². The van der Waals surface area contributed by atoms with Crippen molar-refractivity contribution in [2.45, 2.75) is 0 Å². The third kappa shape index (κ3) is 8.23. The third-order valence-electron chi connectivity index (χ3n) is 11.0. The lowest BCUT2D eigenvalue weighted by Gasteiger charge is -2.22. The molecule has 0 aliphatic rings. The summed E-state index contributed by atoms with van der Waals surface area (Å²) in [5.74, 6) is 1.77. The lowest BCUT2D eigenvalue weighted by Crippen LogP contribution is -2.09. The van der Waals surface area contributed by atoms with Crippen molar-refractivity contribution in [1.29, 1.82) is 0 Å². The fourth-order valence-corrected chi connectivity index (χ4v) is 12.1. The molecule has 4 nitrogen and oxygen atoms in total. The zero-order valence-electron chi connectivity index (χ0n) is 34.4. The maximum atomic E-state index is 4.77. The zero-order valence-corrected chi connectivity index (χ0v) is 37.6. The SMILES string of the molecule is c1ccc(-c2ccc(-c3ccc(N(c4ccc(-c5ccc(-c6ccc(N(c7ccccn7)c7ccc(-c8ccc(-c9ccccc9)s8)s7)cc6)cc5)cc4)c4ccccn4)s3)s2)cc1. The van der Waals surface area contributed by atoms with Gasteiger partial charge in [0.05, 0.1) is 0 Å². The molecule has 6 aromatic heterocycles. The first-order valence-electron chi connectivity index (χ1n) is 20.9. The predicted octanol–water partition coefficient (Wildman–Crippen LogP) is 17.7. The standard InChI is InChI=1S/C56H38N4S4/c1-3-11-43(12-4-1)47-29-31-49(61-47)51-33-35-55(63-51)59(53-15-7-9-37-57-53)45-25-21-41(22-26-45)39-17-19-40(20-18-39)42-23-27-46(28-24-42)60(54-16-8-10-38-58-54)56-36-34-52(64-56)50-32-30-48(62-50)44-13-5-2-6-14-44/h1-38H. The lowest BCUT2D eigenvalue weighted by molar-refractivity contribution is 1.20. The molecule has 0 atom stereocenters. The number of hydrogen-bond acceptors (Lipinski definition) is 8. The Labute approximate surface area is 389 Å². The molecular formula is C56H38N4S4. The molecule has 0 unspecified atom stereocenters. The summed E-state index contributed by atoms with van der Waals surface area (Å²) in [7, 11) is 0. The first kappa shape index (κ1) is 39.6. The van der Waals surface area contributed by atoms with Gasteiger partial charge in [0.2, 0.25) is 0 Å². The Morgan fingerprint density at radius 2 is 0.578 bits per heavy atom. The van der Waals surface area contributed by atoms with Crippen LogP contribution in [0.15, 0.2) is 231 Å². The van der Waals surface area contributed by atoms with Gasteiger partial charge >= 0.3 is 0 Å². The van der Waals surface area contributed by atoms with E-state index in [0.717, 1.165) is 55.3 Å². The van der Waals surface area contributed by atoms with Gasteiger partial charge in [-0.15, -0.1) is 45.3 Å². The second-order valence-electron chi connectivity index (χ2n) is 15.1. The molecular weight excluding hydrogens is 857 g/mol. The second-order valence-corrected chi connectivity index (χ2v) is 19.3. The van der Waals surface area contributed by atoms with Crippen molar-refractivity contribution in [3.05, 3.63) is 231 Å². The van der Waals surface area contributed by atoms with Gasteiger partial charge in [-0.3, -0.25) is 9.80 Å². The zero-order chi connectivity index (χ0) is 42.7. The highest BCUT2D eigenvalue weighted by Gasteiger charge is 2.19. The molecule has 0 aliphatic heterocycles. The molecule has 0 bridgehead atoms. The molecule has 0 fully saturated rings. The highest BCUT2D eigenvalue weighted by atomic mass is 32.1. The molecule has 64 heavy (non-hydrogen) atoms. The fraction of sp³-hybridized carbons (Fsp3) is 0. The molecule has 8 heteroatoms. The Hall–Kier alpha value is -7.20. The molecule has 0 amide bonds. The molecule has 0 N–H and O–H groups in total. The highest BCUT2D eigenvalue weighted by Crippen LogP contribution is 2.46. The monoisotopic (exact) mass is 894 g/mol. The van der Waals surface area contributed by atoms with Gasteiger partial charge in [0.15, 0.2) is 0 Å². The van der Waals surface area contributed by atoms with Gasteiger partial charge in [0.1, 0.15) is 21.6 Å². The highest BCUT2D eigenvalue weighted by molar-refractivity contribution is 7.26. The van der Waals surface area contributed by atoms with Gasteiger partial charge < -0.3 is 0 Å². The molecule has 0 radical (unpaired) electrons. The van der Waals surface area contributed by atoms with E-state index in [1.165, 1.54) is 40.4 Å². The van der Waals surface area contributed by atoms with Crippen LogP contribution in [0.25, 0.3) is 62.6 Å². The quantitative estimate of drug-likeness (QED) is 0.122. The van der Waals surface area contributed by atoms with Crippen LogP contribution in [-0.4, -0.2) is 9.97 Å². The van der Waals surface area contributed by atoms with Crippen molar-refractivity contribution in [3.63, 3.8) is 0 Å². The van der Waals surface area contributed by atoms with Crippen LogP contribution in [0.2, 0.25) is 0 Å². The molecule has 0 saturated carbocycles. The van der Waals surface area contributed by atoms with Crippen LogP contribution in [0.5, 0.6) is 0 Å². The van der Waals surface area contributed by atoms with Crippen molar-refractivity contribution in [3.8, 4) is 62.6 Å². The number of hydrogen-bond donors (Lipinski definition) is 0. The third-order valence-corrected chi connectivity index (χ3v) is 15.8. The van der Waals surface area contributed by atoms with Crippen molar-refractivity contribution in [2.75, 3.05) is 9.80 Å². The summed E-state index contributed by atoms with van der Waals surface area (Å²) in [6.07, 6.45) is 3.71. The molecule has 0 aliphatic carbocycles. The molecule has 11 aromatic rings.